The van der Waals surface area contributed by atoms with Crippen LogP contribution in [0.25, 0.3) is 0 Å². The molecular formula is C15H20N2O3. The summed E-state index contributed by atoms with van der Waals surface area (Å²) in [6.07, 6.45) is 1.32. The number of hydrogen-bond acceptors (Lipinski definition) is 5. The van der Waals surface area contributed by atoms with Crippen LogP contribution >= 0.6 is 0 Å². The Labute approximate surface area is 119 Å². The molecule has 2 rings (SSSR count). The van der Waals surface area contributed by atoms with E-state index in [1.165, 1.54) is 0 Å². The molecule has 5 nitrogen and oxygen atoms in total. The molecule has 2 N–H and O–H groups in total. The zero-order chi connectivity index (χ0) is 14.3. The Morgan fingerprint density at radius 1 is 1.35 bits per heavy atom. The number of nitriles is 1. The summed E-state index contributed by atoms with van der Waals surface area (Å²) in [6.45, 7) is 2.39. The molecule has 1 aliphatic rings. The van der Waals surface area contributed by atoms with Crippen molar-refractivity contribution in [3.8, 4) is 11.8 Å². The first-order valence-corrected chi connectivity index (χ1v) is 6.82. The lowest BCUT2D eigenvalue weighted by Gasteiger charge is -2.32. The van der Waals surface area contributed by atoms with Crippen LogP contribution in [0.5, 0.6) is 5.75 Å². The molecular weight excluding hydrogens is 256 g/mol. The molecule has 20 heavy (non-hydrogen) atoms. The maximum Gasteiger partial charge on any atom is 0.174 e. The minimum atomic E-state index is -0.680. The lowest BCUT2D eigenvalue weighted by Crippen LogP contribution is -2.44. The van der Waals surface area contributed by atoms with Crippen LogP contribution in [0.4, 0.5) is 0 Å². The quantitative estimate of drug-likeness (QED) is 0.817. The second-order valence-electron chi connectivity index (χ2n) is 4.99. The summed E-state index contributed by atoms with van der Waals surface area (Å²) in [5.74, 6) is 0.709. The minimum absolute atomic E-state index is 0.0400. The Hall–Kier alpha value is -1.61. The predicted octanol–water partition coefficient (Wildman–Crippen LogP) is 1.22. The van der Waals surface area contributed by atoms with E-state index in [0.29, 0.717) is 44.9 Å². The molecule has 1 saturated heterocycles. The second-order valence-corrected chi connectivity index (χ2v) is 4.99. The van der Waals surface area contributed by atoms with E-state index in [-0.39, 0.29) is 6.61 Å². The van der Waals surface area contributed by atoms with Gasteiger partial charge in [-0.1, -0.05) is 18.2 Å². The van der Waals surface area contributed by atoms with Crippen molar-refractivity contribution < 1.29 is 14.6 Å². The van der Waals surface area contributed by atoms with Crippen molar-refractivity contribution in [1.29, 1.82) is 5.26 Å². The van der Waals surface area contributed by atoms with Gasteiger partial charge in [-0.05, 0) is 6.07 Å². The van der Waals surface area contributed by atoms with E-state index < -0.39 is 5.60 Å². The van der Waals surface area contributed by atoms with E-state index >= 15 is 0 Å². The third-order valence-electron chi connectivity index (χ3n) is 3.46. The number of benzene rings is 1. The third-order valence-corrected chi connectivity index (χ3v) is 3.46. The summed E-state index contributed by atoms with van der Waals surface area (Å²) in [5, 5.41) is 22.2. The van der Waals surface area contributed by atoms with Crippen LogP contribution in [0.3, 0.4) is 0 Å². The topological polar surface area (TPSA) is 74.5 Å². The van der Waals surface area contributed by atoms with Gasteiger partial charge in [0.2, 0.25) is 0 Å². The van der Waals surface area contributed by atoms with E-state index in [2.05, 4.69) is 5.32 Å². The lowest BCUT2D eigenvalue weighted by atomic mass is 9.94. The molecule has 1 aromatic rings. The van der Waals surface area contributed by atoms with Gasteiger partial charge in [0.25, 0.3) is 0 Å². The summed E-state index contributed by atoms with van der Waals surface area (Å²) >= 11 is 0. The Kier molecular flexibility index (Phi) is 5.36. The number of rotatable bonds is 6. The summed E-state index contributed by atoms with van der Waals surface area (Å²) in [4.78, 5) is 0. The number of para-hydroxylation sites is 1. The minimum Gasteiger partial charge on any atom is -0.478 e. The van der Waals surface area contributed by atoms with E-state index in [9.17, 15) is 5.11 Å². The van der Waals surface area contributed by atoms with Crippen LogP contribution < -0.4 is 10.1 Å². The van der Waals surface area contributed by atoms with Crippen LogP contribution in [0.2, 0.25) is 0 Å². The molecule has 0 atom stereocenters. The molecule has 0 bridgehead atoms. The summed E-state index contributed by atoms with van der Waals surface area (Å²) < 4.78 is 10.6. The van der Waals surface area contributed by atoms with Crippen LogP contribution in [-0.2, 0) is 11.3 Å². The number of hydrogen-bond donors (Lipinski definition) is 2. The fourth-order valence-electron chi connectivity index (χ4n) is 2.26. The predicted molar refractivity (Wildman–Crippen MR) is 74.3 cm³/mol. The molecule has 0 saturated carbocycles. The highest BCUT2D eigenvalue weighted by Gasteiger charge is 2.29. The Morgan fingerprint density at radius 2 is 2.10 bits per heavy atom. The normalized spacial score (nSPS) is 17.4. The SMILES string of the molecule is N#CCOc1ccccc1CNCC1(O)CCOCC1. The fraction of sp³-hybridized carbons (Fsp3) is 0.533. The number of nitrogens with zero attached hydrogens (tertiary/aromatic N) is 1. The van der Waals surface area contributed by atoms with Crippen LogP contribution in [0.15, 0.2) is 24.3 Å². The first-order valence-electron chi connectivity index (χ1n) is 6.82. The molecule has 0 spiro atoms. The van der Waals surface area contributed by atoms with Crippen molar-refractivity contribution in [2.24, 2.45) is 0 Å². The van der Waals surface area contributed by atoms with Gasteiger partial charge in [-0.15, -0.1) is 0 Å². The highest BCUT2D eigenvalue weighted by atomic mass is 16.5. The van der Waals surface area contributed by atoms with Gasteiger partial charge in [0, 0.05) is 44.7 Å². The molecule has 1 fully saturated rings. The largest absolute Gasteiger partial charge is 0.478 e. The van der Waals surface area contributed by atoms with Gasteiger partial charge in [0.05, 0.1) is 5.60 Å². The van der Waals surface area contributed by atoms with Gasteiger partial charge in [0.15, 0.2) is 6.61 Å². The van der Waals surface area contributed by atoms with Crippen LogP contribution in [-0.4, -0.2) is 37.1 Å². The summed E-state index contributed by atoms with van der Waals surface area (Å²) in [7, 11) is 0. The monoisotopic (exact) mass is 276 g/mol. The van der Waals surface area contributed by atoms with Crippen molar-refractivity contribution in [3.05, 3.63) is 29.8 Å². The maximum atomic E-state index is 10.3. The van der Waals surface area contributed by atoms with Gasteiger partial charge in [0.1, 0.15) is 11.8 Å². The fourth-order valence-corrected chi connectivity index (χ4v) is 2.26. The molecule has 0 amide bonds. The van der Waals surface area contributed by atoms with Gasteiger partial charge in [-0.25, -0.2) is 0 Å². The molecule has 0 unspecified atom stereocenters. The number of ether oxygens (including phenoxy) is 2. The molecule has 1 aliphatic heterocycles. The standard InChI is InChI=1S/C15H20N2O3/c16-7-10-20-14-4-2-1-3-13(14)11-17-12-15(18)5-8-19-9-6-15/h1-4,17-18H,5-6,8-12H2. The zero-order valence-electron chi connectivity index (χ0n) is 11.5. The highest BCUT2D eigenvalue weighted by Crippen LogP contribution is 2.21. The van der Waals surface area contributed by atoms with E-state index in [4.69, 9.17) is 14.7 Å². The molecule has 1 aromatic carbocycles. The summed E-state index contributed by atoms with van der Waals surface area (Å²) in [6, 6.07) is 9.56. The number of aliphatic hydroxyl groups is 1. The van der Waals surface area contributed by atoms with Crippen molar-refractivity contribution in [1.82, 2.24) is 5.32 Å². The average Bonchev–Trinajstić information content (AvgIpc) is 2.47. The third kappa shape index (κ3) is 4.20. The maximum absolute atomic E-state index is 10.3. The van der Waals surface area contributed by atoms with Gasteiger partial charge in [-0.3, -0.25) is 0 Å². The van der Waals surface area contributed by atoms with Crippen molar-refractivity contribution >= 4 is 0 Å². The van der Waals surface area contributed by atoms with E-state index in [0.717, 1.165) is 5.56 Å². The van der Waals surface area contributed by atoms with Crippen molar-refractivity contribution in [2.75, 3.05) is 26.4 Å². The van der Waals surface area contributed by atoms with Gasteiger partial charge >= 0.3 is 0 Å². The lowest BCUT2D eigenvalue weighted by molar-refractivity contribution is -0.0617. The molecule has 5 heteroatoms. The Bertz CT molecular complexity index is 464. The second kappa shape index (κ2) is 7.25. The Morgan fingerprint density at radius 3 is 2.85 bits per heavy atom. The smallest absolute Gasteiger partial charge is 0.174 e. The summed E-state index contributed by atoms with van der Waals surface area (Å²) in [5.41, 5.74) is 0.305. The van der Waals surface area contributed by atoms with E-state index in [1.54, 1.807) is 0 Å². The average molecular weight is 276 g/mol. The number of nitrogens with one attached hydrogen (secondary N) is 1. The molecule has 1 heterocycles. The van der Waals surface area contributed by atoms with E-state index in [1.807, 2.05) is 30.3 Å². The Balaban J connectivity index is 1.86. The first-order chi connectivity index (χ1) is 9.73. The highest BCUT2D eigenvalue weighted by molar-refractivity contribution is 5.33. The molecule has 108 valence electrons. The molecule has 0 aliphatic carbocycles. The van der Waals surface area contributed by atoms with Crippen molar-refractivity contribution in [3.63, 3.8) is 0 Å². The van der Waals surface area contributed by atoms with Gasteiger partial charge in [-0.2, -0.15) is 5.26 Å². The van der Waals surface area contributed by atoms with Gasteiger partial charge < -0.3 is 19.9 Å². The van der Waals surface area contributed by atoms with Crippen molar-refractivity contribution in [2.45, 2.75) is 25.0 Å². The molecule has 0 radical (unpaired) electrons. The molecule has 0 aromatic heterocycles. The first kappa shape index (κ1) is 14.8. The van der Waals surface area contributed by atoms with Crippen LogP contribution in [0.1, 0.15) is 18.4 Å². The van der Waals surface area contributed by atoms with Crippen LogP contribution in [0, 0.1) is 11.3 Å². The zero-order valence-corrected chi connectivity index (χ0v) is 11.5.